The molecule has 1 atom stereocenters. The van der Waals surface area contributed by atoms with E-state index in [0.717, 1.165) is 148 Å². The molecule has 0 aliphatic heterocycles. The van der Waals surface area contributed by atoms with Crippen molar-refractivity contribution in [1.29, 1.82) is 0 Å². The summed E-state index contributed by atoms with van der Waals surface area (Å²) in [5, 5.41) is 0. The first kappa shape index (κ1) is 68.1. The zero-order chi connectivity index (χ0) is 52.2. The van der Waals surface area contributed by atoms with Gasteiger partial charge in [-0.3, -0.25) is 14.4 Å². The van der Waals surface area contributed by atoms with Crippen molar-refractivity contribution in [3.8, 4) is 0 Å². The van der Waals surface area contributed by atoms with Gasteiger partial charge in [0, 0.05) is 19.3 Å². The normalized spacial score (nSPS) is 12.9. The minimum absolute atomic E-state index is 0.0884. The second-order valence-electron chi connectivity index (χ2n) is 19.5. The molecule has 0 amide bonds. The van der Waals surface area contributed by atoms with Gasteiger partial charge in [-0.15, -0.1) is 0 Å². The second-order valence-corrected chi connectivity index (χ2v) is 19.5. The van der Waals surface area contributed by atoms with Gasteiger partial charge < -0.3 is 14.2 Å². The lowest BCUT2D eigenvalue weighted by atomic mass is 10.0. The minimum Gasteiger partial charge on any atom is -0.462 e. The Labute approximate surface area is 444 Å². The van der Waals surface area contributed by atoms with E-state index in [2.05, 4.69) is 130 Å². The molecule has 6 heteroatoms. The Morgan fingerprint density at radius 3 is 0.861 bits per heavy atom. The molecule has 0 radical (unpaired) electrons. The quantitative estimate of drug-likeness (QED) is 0.0261. The number of hydrogen-bond acceptors (Lipinski definition) is 6. The van der Waals surface area contributed by atoms with E-state index in [1.807, 2.05) is 0 Å². The number of esters is 3. The molecule has 0 rings (SSSR count). The molecular formula is C66H110O6. The standard InChI is InChI=1S/C66H110O6/c1-4-7-10-13-16-19-22-24-26-27-28-29-30-31-32-33-34-35-36-37-38-39-41-42-44-47-50-53-56-59-65(68)71-62-63(61-70-64(67)58-55-52-49-46-21-18-15-12-9-6-3)72-66(69)60-57-54-51-48-45-43-40-25-23-20-17-14-11-8-5-2/h7-8,10-12,15-17,19-20,24-26,28-29,31-32,40,63H,4-6,9,13-14,18,21-23,27,30,33-39,41-62H2,1-3H3/b10-7-,11-8-,15-12-,19-16-,20-17-,26-24-,29-28-,32-31-,40-25-. The molecule has 0 aromatic heterocycles. The van der Waals surface area contributed by atoms with E-state index < -0.39 is 6.10 Å². The summed E-state index contributed by atoms with van der Waals surface area (Å²) in [6, 6.07) is 0. The van der Waals surface area contributed by atoms with E-state index in [4.69, 9.17) is 14.2 Å². The van der Waals surface area contributed by atoms with Gasteiger partial charge in [0.05, 0.1) is 0 Å². The Bertz CT molecular complexity index is 1470. The Hall–Kier alpha value is -3.93. The lowest BCUT2D eigenvalue weighted by molar-refractivity contribution is -0.167. The average molecular weight is 1000 g/mol. The number of carbonyl (C=O) groups is 3. The Morgan fingerprint density at radius 2 is 0.542 bits per heavy atom. The molecule has 0 aliphatic rings. The number of allylic oxidation sites excluding steroid dienone is 18. The van der Waals surface area contributed by atoms with Crippen LogP contribution in [0.1, 0.15) is 271 Å². The highest BCUT2D eigenvalue weighted by molar-refractivity contribution is 5.71. The molecule has 0 aromatic rings. The molecule has 0 saturated heterocycles. The van der Waals surface area contributed by atoms with Crippen LogP contribution < -0.4 is 0 Å². The molecule has 72 heavy (non-hydrogen) atoms. The van der Waals surface area contributed by atoms with Gasteiger partial charge in [0.1, 0.15) is 13.2 Å². The van der Waals surface area contributed by atoms with Gasteiger partial charge in [-0.05, 0) is 116 Å². The van der Waals surface area contributed by atoms with Gasteiger partial charge in [0.2, 0.25) is 0 Å². The highest BCUT2D eigenvalue weighted by Crippen LogP contribution is 2.15. The monoisotopic (exact) mass is 999 g/mol. The first-order valence-corrected chi connectivity index (χ1v) is 29.9. The van der Waals surface area contributed by atoms with Gasteiger partial charge in [0.25, 0.3) is 0 Å². The molecule has 0 fully saturated rings. The van der Waals surface area contributed by atoms with Crippen molar-refractivity contribution in [1.82, 2.24) is 0 Å². The summed E-state index contributed by atoms with van der Waals surface area (Å²) in [7, 11) is 0. The molecule has 0 aliphatic carbocycles. The average Bonchev–Trinajstić information content (AvgIpc) is 3.38. The van der Waals surface area contributed by atoms with Crippen molar-refractivity contribution in [2.45, 2.75) is 277 Å². The molecule has 0 aromatic carbocycles. The van der Waals surface area contributed by atoms with Crippen LogP contribution >= 0.6 is 0 Å². The maximum atomic E-state index is 12.8. The molecule has 0 N–H and O–H groups in total. The van der Waals surface area contributed by atoms with Crippen LogP contribution in [0, 0.1) is 0 Å². The summed E-state index contributed by atoms with van der Waals surface area (Å²) in [4.78, 5) is 38.1. The van der Waals surface area contributed by atoms with Crippen molar-refractivity contribution >= 4 is 17.9 Å². The molecule has 0 saturated carbocycles. The van der Waals surface area contributed by atoms with E-state index in [0.29, 0.717) is 19.3 Å². The highest BCUT2D eigenvalue weighted by atomic mass is 16.6. The number of unbranched alkanes of at least 4 members (excludes halogenated alkanes) is 24. The largest absolute Gasteiger partial charge is 0.462 e. The van der Waals surface area contributed by atoms with E-state index >= 15 is 0 Å². The summed E-state index contributed by atoms with van der Waals surface area (Å²) in [6.07, 6.45) is 81.0. The predicted molar refractivity (Wildman–Crippen MR) is 311 cm³/mol. The van der Waals surface area contributed by atoms with Crippen LogP contribution in [0.5, 0.6) is 0 Å². The fourth-order valence-electron chi connectivity index (χ4n) is 8.07. The van der Waals surface area contributed by atoms with Crippen LogP contribution in [0.2, 0.25) is 0 Å². The first-order chi connectivity index (χ1) is 35.5. The summed E-state index contributed by atoms with van der Waals surface area (Å²) in [6.45, 7) is 6.33. The fraction of sp³-hybridized carbons (Fsp3) is 0.682. The second kappa shape index (κ2) is 59.6. The first-order valence-electron chi connectivity index (χ1n) is 29.9. The maximum absolute atomic E-state index is 12.8. The SMILES string of the molecule is CC/C=C\C/C=C\C/C=C\C/C=C\C/C=C\CCCCCCCCCCCCCCCC(=O)OCC(COC(=O)CCCCCCC/C=C\CCC)OC(=O)CCCCCCC/C=C\C/C=C\C/C=C\CC. The summed E-state index contributed by atoms with van der Waals surface area (Å²) in [5.41, 5.74) is 0. The Kier molecular flexibility index (Phi) is 56.4. The highest BCUT2D eigenvalue weighted by Gasteiger charge is 2.19. The van der Waals surface area contributed by atoms with E-state index in [1.54, 1.807) is 0 Å². The molecule has 1 unspecified atom stereocenters. The lowest BCUT2D eigenvalue weighted by Crippen LogP contribution is -2.30. The van der Waals surface area contributed by atoms with Crippen molar-refractivity contribution in [3.63, 3.8) is 0 Å². The van der Waals surface area contributed by atoms with Crippen LogP contribution in [0.25, 0.3) is 0 Å². The zero-order valence-electron chi connectivity index (χ0n) is 46.9. The van der Waals surface area contributed by atoms with Crippen LogP contribution in [-0.4, -0.2) is 37.2 Å². The van der Waals surface area contributed by atoms with E-state index in [1.165, 1.54) is 83.5 Å². The van der Waals surface area contributed by atoms with Gasteiger partial charge in [0.15, 0.2) is 6.10 Å². The molecule has 0 spiro atoms. The number of ether oxygens (including phenoxy) is 3. The smallest absolute Gasteiger partial charge is 0.306 e. The maximum Gasteiger partial charge on any atom is 0.306 e. The van der Waals surface area contributed by atoms with Crippen LogP contribution in [0.4, 0.5) is 0 Å². The van der Waals surface area contributed by atoms with Gasteiger partial charge in [-0.2, -0.15) is 0 Å². The van der Waals surface area contributed by atoms with Gasteiger partial charge in [-0.25, -0.2) is 0 Å². The number of rotatable bonds is 53. The fourth-order valence-corrected chi connectivity index (χ4v) is 8.07. The van der Waals surface area contributed by atoms with Crippen molar-refractivity contribution < 1.29 is 28.6 Å². The van der Waals surface area contributed by atoms with Gasteiger partial charge >= 0.3 is 17.9 Å². The third-order valence-electron chi connectivity index (χ3n) is 12.5. The predicted octanol–water partition coefficient (Wildman–Crippen LogP) is 20.3. The molecule has 6 nitrogen and oxygen atoms in total. The van der Waals surface area contributed by atoms with Crippen LogP contribution in [0.15, 0.2) is 109 Å². The van der Waals surface area contributed by atoms with Crippen molar-refractivity contribution in [3.05, 3.63) is 109 Å². The molecule has 0 bridgehead atoms. The Balaban J connectivity index is 4.20. The van der Waals surface area contributed by atoms with Gasteiger partial charge in [-0.1, -0.05) is 246 Å². The third kappa shape index (κ3) is 57.0. The topological polar surface area (TPSA) is 78.9 Å². The van der Waals surface area contributed by atoms with E-state index in [9.17, 15) is 14.4 Å². The molecule has 410 valence electrons. The van der Waals surface area contributed by atoms with Crippen LogP contribution in [-0.2, 0) is 28.6 Å². The number of hydrogen-bond donors (Lipinski definition) is 0. The summed E-state index contributed by atoms with van der Waals surface area (Å²) < 4.78 is 16.8. The molecular weight excluding hydrogens is 889 g/mol. The van der Waals surface area contributed by atoms with Crippen molar-refractivity contribution in [2.24, 2.45) is 0 Å². The van der Waals surface area contributed by atoms with Crippen molar-refractivity contribution in [2.75, 3.05) is 13.2 Å². The summed E-state index contributed by atoms with van der Waals surface area (Å²) >= 11 is 0. The third-order valence-corrected chi connectivity index (χ3v) is 12.5. The number of carbonyl (C=O) groups excluding carboxylic acids is 3. The Morgan fingerprint density at radius 1 is 0.292 bits per heavy atom. The lowest BCUT2D eigenvalue weighted by Gasteiger charge is -2.18. The van der Waals surface area contributed by atoms with E-state index in [-0.39, 0.29) is 31.1 Å². The van der Waals surface area contributed by atoms with Crippen LogP contribution in [0.3, 0.4) is 0 Å². The summed E-state index contributed by atoms with van der Waals surface area (Å²) in [5.74, 6) is -0.916. The zero-order valence-corrected chi connectivity index (χ0v) is 46.9. The molecule has 0 heterocycles. The minimum atomic E-state index is -0.791.